The Balaban J connectivity index is 2.77. The molecule has 0 N–H and O–H groups in total. The highest BCUT2D eigenvalue weighted by molar-refractivity contribution is 7.88. The van der Waals surface area contributed by atoms with E-state index in [-0.39, 0.29) is 0 Å². The molecule has 1 aliphatic heterocycles. The molecule has 0 saturated carbocycles. The van der Waals surface area contributed by atoms with Crippen molar-refractivity contribution >= 4 is 10.0 Å². The minimum atomic E-state index is -2.98. The second-order valence-corrected chi connectivity index (χ2v) is 4.06. The third-order valence-electron chi connectivity index (χ3n) is 1.36. The lowest BCUT2D eigenvalue weighted by Gasteiger charge is -2.32. The van der Waals surface area contributed by atoms with Crippen LogP contribution in [0.2, 0.25) is 0 Å². The van der Waals surface area contributed by atoms with Crippen molar-refractivity contribution in [3.05, 3.63) is 12.3 Å². The van der Waals surface area contributed by atoms with Crippen molar-refractivity contribution < 1.29 is 8.42 Å². The number of sulfonamides is 1. The van der Waals surface area contributed by atoms with Crippen molar-refractivity contribution in [3.8, 4) is 0 Å². The summed E-state index contributed by atoms with van der Waals surface area (Å²) in [4.78, 5) is 0. The Morgan fingerprint density at radius 3 is 2.22 bits per heavy atom. The summed E-state index contributed by atoms with van der Waals surface area (Å²) < 4.78 is 22.7. The van der Waals surface area contributed by atoms with Gasteiger partial charge >= 0.3 is 0 Å². The van der Waals surface area contributed by atoms with E-state index in [0.29, 0.717) is 12.2 Å². The van der Waals surface area contributed by atoms with Crippen LogP contribution in [0.1, 0.15) is 6.42 Å². The van der Waals surface area contributed by atoms with Crippen LogP contribution in [0.4, 0.5) is 0 Å². The maximum atomic E-state index is 10.7. The van der Waals surface area contributed by atoms with Crippen LogP contribution >= 0.6 is 0 Å². The molecule has 0 aromatic heterocycles. The molecule has 0 spiro atoms. The molecule has 1 saturated heterocycles. The highest BCUT2D eigenvalue weighted by Crippen LogP contribution is 2.21. The van der Waals surface area contributed by atoms with Gasteiger partial charge < -0.3 is 0 Å². The van der Waals surface area contributed by atoms with Crippen molar-refractivity contribution in [2.75, 3.05) is 12.8 Å². The Morgan fingerprint density at radius 1 is 1.67 bits per heavy atom. The van der Waals surface area contributed by atoms with Crippen LogP contribution in [-0.4, -0.2) is 25.5 Å². The molecule has 0 aromatic rings. The SMILES string of the molecule is C=C1CCN1S(C)(=O)=O. The summed E-state index contributed by atoms with van der Waals surface area (Å²) in [6.45, 7) is 4.16. The fourth-order valence-corrected chi connectivity index (χ4v) is 1.74. The minimum absolute atomic E-state index is 0.609. The molecule has 1 heterocycles. The first-order valence-corrected chi connectivity index (χ1v) is 4.52. The van der Waals surface area contributed by atoms with E-state index in [1.54, 1.807) is 0 Å². The van der Waals surface area contributed by atoms with E-state index in [4.69, 9.17) is 0 Å². The van der Waals surface area contributed by atoms with E-state index in [1.165, 1.54) is 10.6 Å². The van der Waals surface area contributed by atoms with Gasteiger partial charge in [-0.2, -0.15) is 0 Å². The van der Waals surface area contributed by atoms with Crippen LogP contribution in [0.3, 0.4) is 0 Å². The molecule has 52 valence electrons. The molecule has 1 aliphatic rings. The molecule has 0 aliphatic carbocycles. The quantitative estimate of drug-likeness (QED) is 0.530. The van der Waals surface area contributed by atoms with Gasteiger partial charge in [-0.1, -0.05) is 6.58 Å². The van der Waals surface area contributed by atoms with Gasteiger partial charge in [0.05, 0.1) is 6.26 Å². The minimum Gasteiger partial charge on any atom is -0.274 e. The van der Waals surface area contributed by atoms with Gasteiger partial charge in [-0.15, -0.1) is 0 Å². The maximum Gasteiger partial charge on any atom is 0.231 e. The summed E-state index contributed by atoms with van der Waals surface area (Å²) >= 11 is 0. The van der Waals surface area contributed by atoms with Gasteiger partial charge in [-0.05, 0) is 0 Å². The molecule has 0 unspecified atom stereocenters. The lowest BCUT2D eigenvalue weighted by molar-refractivity contribution is 0.395. The smallest absolute Gasteiger partial charge is 0.231 e. The van der Waals surface area contributed by atoms with Crippen LogP contribution in [0.5, 0.6) is 0 Å². The zero-order chi connectivity index (χ0) is 7.07. The van der Waals surface area contributed by atoms with Crippen LogP contribution in [-0.2, 0) is 10.0 Å². The van der Waals surface area contributed by atoms with Crippen molar-refractivity contribution in [3.63, 3.8) is 0 Å². The molecule has 0 aromatic carbocycles. The third-order valence-corrected chi connectivity index (χ3v) is 2.60. The van der Waals surface area contributed by atoms with Crippen molar-refractivity contribution in [2.24, 2.45) is 0 Å². The van der Waals surface area contributed by atoms with Crippen molar-refractivity contribution in [1.82, 2.24) is 4.31 Å². The summed E-state index contributed by atoms with van der Waals surface area (Å²) in [5.41, 5.74) is 0.706. The van der Waals surface area contributed by atoms with Crippen molar-refractivity contribution in [2.45, 2.75) is 6.42 Å². The summed E-state index contributed by atoms with van der Waals surface area (Å²) in [5.74, 6) is 0. The van der Waals surface area contributed by atoms with Crippen LogP contribution in [0, 0.1) is 0 Å². The number of rotatable bonds is 1. The van der Waals surface area contributed by atoms with Gasteiger partial charge in [0.1, 0.15) is 0 Å². The van der Waals surface area contributed by atoms with E-state index in [1.807, 2.05) is 0 Å². The number of hydrogen-bond acceptors (Lipinski definition) is 2. The molecule has 3 nitrogen and oxygen atoms in total. The lowest BCUT2D eigenvalue weighted by atomic mass is 10.2. The summed E-state index contributed by atoms with van der Waals surface area (Å²) in [6, 6.07) is 0. The summed E-state index contributed by atoms with van der Waals surface area (Å²) in [5, 5.41) is 0. The monoisotopic (exact) mass is 147 g/mol. The van der Waals surface area contributed by atoms with Crippen molar-refractivity contribution in [1.29, 1.82) is 0 Å². The molecule has 1 rings (SSSR count). The van der Waals surface area contributed by atoms with Gasteiger partial charge in [0, 0.05) is 18.7 Å². The molecular weight excluding hydrogens is 138 g/mol. The molecule has 0 radical (unpaired) electrons. The second-order valence-electron chi connectivity index (χ2n) is 2.15. The first-order chi connectivity index (χ1) is 4.02. The molecule has 0 amide bonds. The van der Waals surface area contributed by atoms with Gasteiger partial charge in [0.2, 0.25) is 10.0 Å². The van der Waals surface area contributed by atoms with Crippen LogP contribution < -0.4 is 0 Å². The fourth-order valence-electron chi connectivity index (χ4n) is 0.762. The van der Waals surface area contributed by atoms with Gasteiger partial charge in [-0.25, -0.2) is 8.42 Å². The average molecular weight is 147 g/mol. The largest absolute Gasteiger partial charge is 0.274 e. The Morgan fingerprint density at radius 2 is 2.22 bits per heavy atom. The normalized spacial score (nSPS) is 19.7. The third kappa shape index (κ3) is 1.08. The number of nitrogens with zero attached hydrogens (tertiary/aromatic N) is 1. The van der Waals surface area contributed by atoms with E-state index < -0.39 is 10.0 Å². The lowest BCUT2D eigenvalue weighted by Crippen LogP contribution is -2.38. The van der Waals surface area contributed by atoms with E-state index in [9.17, 15) is 8.42 Å². The molecule has 4 heteroatoms. The van der Waals surface area contributed by atoms with Gasteiger partial charge in [0.15, 0.2) is 0 Å². The Hall–Kier alpha value is -0.510. The first-order valence-electron chi connectivity index (χ1n) is 2.67. The zero-order valence-corrected chi connectivity index (χ0v) is 6.11. The Kier molecular flexibility index (Phi) is 1.27. The molecule has 0 bridgehead atoms. The highest BCUT2D eigenvalue weighted by Gasteiger charge is 2.25. The van der Waals surface area contributed by atoms with E-state index in [0.717, 1.165) is 6.42 Å². The predicted molar refractivity (Wildman–Crippen MR) is 35.3 cm³/mol. The standard InChI is InChI=1S/C5H9NO2S/c1-5-3-4-6(5)9(2,7)8/h1,3-4H2,2H3. The molecule has 1 fully saturated rings. The Bertz CT molecular complexity index is 229. The average Bonchev–Trinajstić information content (AvgIpc) is 1.57. The first kappa shape index (κ1) is 6.61. The predicted octanol–water partition coefficient (Wildman–Crippen LogP) is 0.165. The molecular formula is C5H9NO2S. The zero-order valence-electron chi connectivity index (χ0n) is 5.29. The fraction of sp³-hybridized carbons (Fsp3) is 0.600. The van der Waals surface area contributed by atoms with Gasteiger partial charge in [-0.3, -0.25) is 4.31 Å². The topological polar surface area (TPSA) is 37.4 Å². The van der Waals surface area contributed by atoms with Crippen LogP contribution in [0.15, 0.2) is 12.3 Å². The number of hydrogen-bond donors (Lipinski definition) is 0. The van der Waals surface area contributed by atoms with Gasteiger partial charge in [0.25, 0.3) is 0 Å². The molecule has 9 heavy (non-hydrogen) atoms. The molecule has 0 atom stereocenters. The van der Waals surface area contributed by atoms with E-state index in [2.05, 4.69) is 6.58 Å². The van der Waals surface area contributed by atoms with Crippen LogP contribution in [0.25, 0.3) is 0 Å². The highest BCUT2D eigenvalue weighted by atomic mass is 32.2. The van der Waals surface area contributed by atoms with E-state index >= 15 is 0 Å². The summed E-state index contributed by atoms with van der Waals surface area (Å²) in [6.07, 6.45) is 2.00. The second kappa shape index (κ2) is 1.73. The maximum absolute atomic E-state index is 10.7. The summed E-state index contributed by atoms with van der Waals surface area (Å²) in [7, 11) is -2.98. The Labute approximate surface area is 55.0 Å².